The summed E-state index contributed by atoms with van der Waals surface area (Å²) in [5, 5.41) is 0. The van der Waals surface area contributed by atoms with Gasteiger partial charge >= 0.3 is 6.18 Å². The van der Waals surface area contributed by atoms with Gasteiger partial charge in [-0.3, -0.25) is 4.98 Å². The zero-order chi connectivity index (χ0) is 11.3. The first-order chi connectivity index (χ1) is 7.03. The fraction of sp³-hybridized carbons (Fsp3) is 0.444. The van der Waals surface area contributed by atoms with Crippen LogP contribution in [0.1, 0.15) is 5.56 Å². The molecule has 1 aromatic heterocycles. The molecule has 0 aliphatic rings. The molecule has 3 nitrogen and oxygen atoms in total. The van der Waals surface area contributed by atoms with E-state index < -0.39 is 12.8 Å². The Hall–Kier alpha value is -1.30. The minimum Gasteiger partial charge on any atom is -0.484 e. The lowest BCUT2D eigenvalue weighted by Crippen LogP contribution is -2.20. The van der Waals surface area contributed by atoms with Crippen LogP contribution in [0.5, 0.6) is 5.75 Å². The molecular formula is C9H11F3N2O. The van der Waals surface area contributed by atoms with Gasteiger partial charge in [0.05, 0.1) is 0 Å². The van der Waals surface area contributed by atoms with Crippen molar-refractivity contribution >= 4 is 0 Å². The van der Waals surface area contributed by atoms with Crippen LogP contribution in [0, 0.1) is 0 Å². The maximum absolute atomic E-state index is 11.9. The van der Waals surface area contributed by atoms with E-state index in [1.807, 2.05) is 0 Å². The van der Waals surface area contributed by atoms with Gasteiger partial charge in [0.15, 0.2) is 6.61 Å². The predicted molar refractivity (Wildman–Crippen MR) is 48.5 cm³/mol. The van der Waals surface area contributed by atoms with Crippen LogP contribution in [0.15, 0.2) is 18.5 Å². The predicted octanol–water partition coefficient (Wildman–Crippen LogP) is 1.52. The molecule has 0 aliphatic carbocycles. The Morgan fingerprint density at radius 2 is 2.13 bits per heavy atom. The Labute approximate surface area is 85.1 Å². The first-order valence-corrected chi connectivity index (χ1v) is 4.35. The number of aromatic nitrogens is 1. The van der Waals surface area contributed by atoms with Crippen LogP contribution in [0.25, 0.3) is 0 Å². The molecule has 1 aromatic rings. The Morgan fingerprint density at radius 1 is 1.40 bits per heavy atom. The highest BCUT2D eigenvalue weighted by molar-refractivity contribution is 5.30. The number of hydrogen-bond acceptors (Lipinski definition) is 3. The lowest BCUT2D eigenvalue weighted by molar-refractivity contribution is -0.153. The third-order valence-electron chi connectivity index (χ3n) is 1.66. The lowest BCUT2D eigenvalue weighted by atomic mass is 10.2. The molecule has 0 fully saturated rings. The van der Waals surface area contributed by atoms with E-state index in [0.29, 0.717) is 18.5 Å². The molecule has 2 N–H and O–H groups in total. The van der Waals surface area contributed by atoms with Gasteiger partial charge in [0.1, 0.15) is 5.75 Å². The van der Waals surface area contributed by atoms with E-state index >= 15 is 0 Å². The maximum atomic E-state index is 11.9. The molecular weight excluding hydrogens is 209 g/mol. The minimum absolute atomic E-state index is 0.188. The van der Waals surface area contributed by atoms with Gasteiger partial charge in [-0.2, -0.15) is 13.2 Å². The highest BCUT2D eigenvalue weighted by Gasteiger charge is 2.28. The SMILES string of the molecule is NCCc1cnccc1OCC(F)(F)F. The molecule has 0 amide bonds. The summed E-state index contributed by atoms with van der Waals surface area (Å²) >= 11 is 0. The normalized spacial score (nSPS) is 11.5. The number of rotatable bonds is 4. The van der Waals surface area contributed by atoms with Crippen molar-refractivity contribution in [3.8, 4) is 5.75 Å². The van der Waals surface area contributed by atoms with Gasteiger partial charge in [-0.15, -0.1) is 0 Å². The molecule has 0 unspecified atom stereocenters. The Bertz CT molecular complexity index is 314. The van der Waals surface area contributed by atoms with E-state index in [4.69, 9.17) is 5.73 Å². The second kappa shape index (κ2) is 4.97. The Morgan fingerprint density at radius 3 is 2.73 bits per heavy atom. The maximum Gasteiger partial charge on any atom is 0.422 e. The van der Waals surface area contributed by atoms with Crippen molar-refractivity contribution in [3.05, 3.63) is 24.0 Å². The van der Waals surface area contributed by atoms with Crippen LogP contribution in [-0.2, 0) is 6.42 Å². The topological polar surface area (TPSA) is 48.1 Å². The quantitative estimate of drug-likeness (QED) is 0.836. The molecule has 1 rings (SSSR count). The number of nitrogens with zero attached hydrogens (tertiary/aromatic N) is 1. The number of alkyl halides is 3. The van der Waals surface area contributed by atoms with E-state index in [-0.39, 0.29) is 5.75 Å². The summed E-state index contributed by atoms with van der Waals surface area (Å²) in [6.45, 7) is -0.956. The van der Waals surface area contributed by atoms with Crippen LogP contribution >= 0.6 is 0 Å². The minimum atomic E-state index is -4.33. The molecule has 15 heavy (non-hydrogen) atoms. The summed E-state index contributed by atoms with van der Waals surface area (Å²) < 4.78 is 40.3. The fourth-order valence-electron chi connectivity index (χ4n) is 1.06. The number of nitrogens with two attached hydrogens (primary N) is 1. The van der Waals surface area contributed by atoms with Crippen LogP contribution < -0.4 is 10.5 Å². The van der Waals surface area contributed by atoms with Crippen LogP contribution in [0.2, 0.25) is 0 Å². The van der Waals surface area contributed by atoms with Crippen molar-refractivity contribution in [1.82, 2.24) is 4.98 Å². The van der Waals surface area contributed by atoms with Gasteiger partial charge in [-0.25, -0.2) is 0 Å². The second-order valence-electron chi connectivity index (χ2n) is 2.93. The monoisotopic (exact) mass is 220 g/mol. The largest absolute Gasteiger partial charge is 0.484 e. The Balaban J connectivity index is 2.67. The summed E-state index contributed by atoms with van der Waals surface area (Å²) in [7, 11) is 0. The highest BCUT2D eigenvalue weighted by Crippen LogP contribution is 2.21. The molecule has 0 saturated heterocycles. The molecule has 0 atom stereocenters. The molecule has 0 aliphatic heterocycles. The molecule has 0 bridgehead atoms. The van der Waals surface area contributed by atoms with Crippen molar-refractivity contribution < 1.29 is 17.9 Å². The summed E-state index contributed by atoms with van der Waals surface area (Å²) in [5.41, 5.74) is 5.89. The van der Waals surface area contributed by atoms with Crippen molar-refractivity contribution in [2.75, 3.05) is 13.2 Å². The number of ether oxygens (including phenoxy) is 1. The first kappa shape index (κ1) is 11.8. The average Bonchev–Trinajstić information content (AvgIpc) is 2.16. The van der Waals surface area contributed by atoms with E-state index in [0.717, 1.165) is 0 Å². The summed E-state index contributed by atoms with van der Waals surface area (Å²) in [4.78, 5) is 3.79. The van der Waals surface area contributed by atoms with Crippen LogP contribution in [-0.4, -0.2) is 24.3 Å². The molecule has 84 valence electrons. The molecule has 1 heterocycles. The number of halogens is 3. The third kappa shape index (κ3) is 4.16. The molecule has 0 radical (unpaired) electrons. The summed E-state index contributed by atoms with van der Waals surface area (Å²) in [5.74, 6) is 0.188. The molecule has 0 aromatic carbocycles. The van der Waals surface area contributed by atoms with Gasteiger partial charge in [-0.1, -0.05) is 0 Å². The fourth-order valence-corrected chi connectivity index (χ4v) is 1.06. The standard InChI is InChI=1S/C9H11F3N2O/c10-9(11,12)6-15-8-2-4-14-5-7(8)1-3-13/h2,4-5H,1,3,6,13H2. The van der Waals surface area contributed by atoms with Gasteiger partial charge in [0, 0.05) is 18.0 Å². The molecule has 0 spiro atoms. The first-order valence-electron chi connectivity index (χ1n) is 4.35. The highest BCUT2D eigenvalue weighted by atomic mass is 19.4. The van der Waals surface area contributed by atoms with Gasteiger partial charge < -0.3 is 10.5 Å². The summed E-state index contributed by atoms with van der Waals surface area (Å²) in [6.07, 6.45) is -1.05. The zero-order valence-corrected chi connectivity index (χ0v) is 7.92. The zero-order valence-electron chi connectivity index (χ0n) is 7.92. The van der Waals surface area contributed by atoms with Gasteiger partial charge in [0.2, 0.25) is 0 Å². The summed E-state index contributed by atoms with van der Waals surface area (Å²) in [6, 6.07) is 1.40. The van der Waals surface area contributed by atoms with Gasteiger partial charge in [0.25, 0.3) is 0 Å². The molecule has 6 heteroatoms. The van der Waals surface area contributed by atoms with Gasteiger partial charge in [-0.05, 0) is 19.0 Å². The smallest absolute Gasteiger partial charge is 0.422 e. The third-order valence-corrected chi connectivity index (χ3v) is 1.66. The van der Waals surface area contributed by atoms with E-state index in [9.17, 15) is 13.2 Å². The van der Waals surface area contributed by atoms with Crippen molar-refractivity contribution in [2.24, 2.45) is 5.73 Å². The van der Waals surface area contributed by atoms with Crippen LogP contribution in [0.3, 0.4) is 0 Å². The second-order valence-corrected chi connectivity index (χ2v) is 2.93. The van der Waals surface area contributed by atoms with E-state index in [2.05, 4.69) is 9.72 Å². The number of hydrogen-bond donors (Lipinski definition) is 1. The van der Waals surface area contributed by atoms with Crippen molar-refractivity contribution in [1.29, 1.82) is 0 Å². The van der Waals surface area contributed by atoms with Crippen molar-refractivity contribution in [3.63, 3.8) is 0 Å². The molecule has 0 saturated carbocycles. The van der Waals surface area contributed by atoms with E-state index in [1.165, 1.54) is 18.5 Å². The van der Waals surface area contributed by atoms with Crippen LogP contribution in [0.4, 0.5) is 13.2 Å². The number of pyridine rings is 1. The van der Waals surface area contributed by atoms with E-state index in [1.54, 1.807) is 0 Å². The van der Waals surface area contributed by atoms with Crippen molar-refractivity contribution in [2.45, 2.75) is 12.6 Å². The average molecular weight is 220 g/mol. The lowest BCUT2D eigenvalue weighted by Gasteiger charge is -2.11. The Kier molecular flexibility index (Phi) is 3.90.